The standard InChI is InChI=1S/C17H19BrO3/c1-3-21-16-7-5-4-6-13(16)15(19)11-12-8-9-17(20-2)14(18)10-12/h4-10,15,19H,3,11H2,1-2H3. The van der Waals surface area contributed by atoms with E-state index >= 15 is 0 Å². The second-order valence-corrected chi connectivity index (χ2v) is 5.51. The van der Waals surface area contributed by atoms with Crippen molar-refractivity contribution in [2.24, 2.45) is 0 Å². The lowest BCUT2D eigenvalue weighted by Gasteiger charge is -2.16. The average Bonchev–Trinajstić information content (AvgIpc) is 2.48. The summed E-state index contributed by atoms with van der Waals surface area (Å²) in [6.45, 7) is 2.52. The van der Waals surface area contributed by atoms with Gasteiger partial charge in [-0.25, -0.2) is 0 Å². The molecule has 0 spiro atoms. The van der Waals surface area contributed by atoms with Crippen LogP contribution in [0.25, 0.3) is 0 Å². The van der Waals surface area contributed by atoms with Crippen LogP contribution in [0.5, 0.6) is 11.5 Å². The van der Waals surface area contributed by atoms with Gasteiger partial charge in [-0.05, 0) is 46.6 Å². The van der Waals surface area contributed by atoms with Gasteiger partial charge in [0.25, 0.3) is 0 Å². The summed E-state index contributed by atoms with van der Waals surface area (Å²) in [6.07, 6.45) is -0.0831. The highest BCUT2D eigenvalue weighted by molar-refractivity contribution is 9.10. The molecule has 0 amide bonds. The summed E-state index contributed by atoms with van der Waals surface area (Å²) < 4.78 is 11.7. The third-order valence-electron chi connectivity index (χ3n) is 3.22. The van der Waals surface area contributed by atoms with Crippen LogP contribution in [0.4, 0.5) is 0 Å². The molecule has 0 aliphatic rings. The molecule has 0 saturated heterocycles. The fraction of sp³-hybridized carbons (Fsp3) is 0.294. The van der Waals surface area contributed by atoms with Crippen LogP contribution in [-0.4, -0.2) is 18.8 Å². The van der Waals surface area contributed by atoms with Crippen molar-refractivity contribution in [3.8, 4) is 11.5 Å². The van der Waals surface area contributed by atoms with Crippen molar-refractivity contribution in [3.63, 3.8) is 0 Å². The van der Waals surface area contributed by atoms with Crippen molar-refractivity contribution in [3.05, 3.63) is 58.1 Å². The Morgan fingerprint density at radius 3 is 2.57 bits per heavy atom. The van der Waals surface area contributed by atoms with Crippen LogP contribution >= 0.6 is 15.9 Å². The number of benzene rings is 2. The first-order chi connectivity index (χ1) is 10.2. The van der Waals surface area contributed by atoms with Crippen molar-refractivity contribution in [2.45, 2.75) is 19.4 Å². The number of halogens is 1. The Hall–Kier alpha value is -1.52. The smallest absolute Gasteiger partial charge is 0.133 e. The molecule has 3 nitrogen and oxygen atoms in total. The molecule has 0 bridgehead atoms. The minimum atomic E-state index is -0.604. The Bertz CT molecular complexity index is 598. The molecule has 21 heavy (non-hydrogen) atoms. The number of rotatable bonds is 6. The predicted octanol–water partition coefficient (Wildman–Crippen LogP) is 4.13. The highest BCUT2D eigenvalue weighted by Gasteiger charge is 2.14. The van der Waals surface area contributed by atoms with E-state index in [1.54, 1.807) is 7.11 Å². The molecule has 2 aromatic rings. The Labute approximate surface area is 133 Å². The molecule has 2 rings (SSSR count). The second kappa shape index (κ2) is 7.48. The molecule has 0 heterocycles. The number of aliphatic hydroxyl groups is 1. The van der Waals surface area contributed by atoms with Crippen molar-refractivity contribution < 1.29 is 14.6 Å². The predicted molar refractivity (Wildman–Crippen MR) is 87.0 cm³/mol. The van der Waals surface area contributed by atoms with Crippen LogP contribution < -0.4 is 9.47 Å². The van der Waals surface area contributed by atoms with E-state index in [0.29, 0.717) is 13.0 Å². The van der Waals surface area contributed by atoms with Crippen LogP contribution in [-0.2, 0) is 6.42 Å². The molecule has 0 aliphatic heterocycles. The molecule has 1 unspecified atom stereocenters. The molecule has 0 fully saturated rings. The zero-order valence-corrected chi connectivity index (χ0v) is 13.8. The summed E-state index contributed by atoms with van der Waals surface area (Å²) in [5.41, 5.74) is 1.84. The monoisotopic (exact) mass is 350 g/mol. The molecular weight excluding hydrogens is 332 g/mol. The quantitative estimate of drug-likeness (QED) is 0.850. The first-order valence-corrected chi connectivity index (χ1v) is 7.67. The molecule has 0 aliphatic carbocycles. The molecule has 1 atom stereocenters. The Morgan fingerprint density at radius 2 is 1.90 bits per heavy atom. The molecular formula is C17H19BrO3. The summed E-state index contributed by atoms with van der Waals surface area (Å²) >= 11 is 3.46. The number of hydrogen-bond donors (Lipinski definition) is 1. The number of methoxy groups -OCH3 is 1. The second-order valence-electron chi connectivity index (χ2n) is 4.66. The van der Waals surface area contributed by atoms with Gasteiger partial charge in [-0.3, -0.25) is 0 Å². The zero-order valence-electron chi connectivity index (χ0n) is 12.2. The van der Waals surface area contributed by atoms with E-state index < -0.39 is 6.10 Å². The van der Waals surface area contributed by atoms with Crippen LogP contribution in [0.3, 0.4) is 0 Å². The molecule has 0 radical (unpaired) electrons. The number of hydrogen-bond acceptors (Lipinski definition) is 3. The van der Waals surface area contributed by atoms with Gasteiger partial charge in [0, 0.05) is 12.0 Å². The average molecular weight is 351 g/mol. The minimum Gasteiger partial charge on any atom is -0.496 e. The van der Waals surface area contributed by atoms with Gasteiger partial charge < -0.3 is 14.6 Å². The zero-order chi connectivity index (χ0) is 15.2. The molecule has 1 N–H and O–H groups in total. The number of aliphatic hydroxyl groups excluding tert-OH is 1. The van der Waals surface area contributed by atoms with E-state index in [-0.39, 0.29) is 0 Å². The molecule has 4 heteroatoms. The third-order valence-corrected chi connectivity index (χ3v) is 3.84. The van der Waals surface area contributed by atoms with E-state index in [1.165, 1.54) is 0 Å². The van der Waals surface area contributed by atoms with Crippen molar-refractivity contribution in [1.29, 1.82) is 0 Å². The fourth-order valence-corrected chi connectivity index (χ4v) is 2.80. The molecule has 2 aromatic carbocycles. The summed E-state index contributed by atoms with van der Waals surface area (Å²) in [7, 11) is 1.63. The maximum Gasteiger partial charge on any atom is 0.133 e. The van der Waals surface area contributed by atoms with Crippen molar-refractivity contribution in [2.75, 3.05) is 13.7 Å². The van der Waals surface area contributed by atoms with E-state index in [9.17, 15) is 5.11 Å². The highest BCUT2D eigenvalue weighted by Crippen LogP contribution is 2.30. The summed E-state index contributed by atoms with van der Waals surface area (Å²) in [6, 6.07) is 13.4. The van der Waals surface area contributed by atoms with E-state index in [2.05, 4.69) is 15.9 Å². The van der Waals surface area contributed by atoms with E-state index in [4.69, 9.17) is 9.47 Å². The molecule has 112 valence electrons. The lowest BCUT2D eigenvalue weighted by Crippen LogP contribution is -2.05. The Balaban J connectivity index is 2.18. The maximum atomic E-state index is 10.5. The first-order valence-electron chi connectivity index (χ1n) is 6.88. The van der Waals surface area contributed by atoms with E-state index in [0.717, 1.165) is 27.1 Å². The topological polar surface area (TPSA) is 38.7 Å². The minimum absolute atomic E-state index is 0.521. The third kappa shape index (κ3) is 3.99. The summed E-state index contributed by atoms with van der Waals surface area (Å²) in [5.74, 6) is 1.52. The van der Waals surface area contributed by atoms with Gasteiger partial charge in [-0.1, -0.05) is 24.3 Å². The van der Waals surface area contributed by atoms with Crippen LogP contribution in [0.1, 0.15) is 24.2 Å². The van der Waals surface area contributed by atoms with Gasteiger partial charge in [0.1, 0.15) is 11.5 Å². The lowest BCUT2D eigenvalue weighted by molar-refractivity contribution is 0.172. The highest BCUT2D eigenvalue weighted by atomic mass is 79.9. The van der Waals surface area contributed by atoms with E-state index in [1.807, 2.05) is 49.4 Å². The summed E-state index contributed by atoms with van der Waals surface area (Å²) in [5, 5.41) is 10.5. The normalized spacial score (nSPS) is 12.0. The van der Waals surface area contributed by atoms with Gasteiger partial charge in [-0.2, -0.15) is 0 Å². The van der Waals surface area contributed by atoms with Gasteiger partial charge in [0.2, 0.25) is 0 Å². The maximum absolute atomic E-state index is 10.5. The fourth-order valence-electron chi connectivity index (χ4n) is 2.21. The first kappa shape index (κ1) is 15.9. The van der Waals surface area contributed by atoms with Crippen LogP contribution in [0.2, 0.25) is 0 Å². The van der Waals surface area contributed by atoms with Crippen molar-refractivity contribution >= 4 is 15.9 Å². The van der Waals surface area contributed by atoms with Gasteiger partial charge in [0.05, 0.1) is 24.3 Å². The van der Waals surface area contributed by atoms with Crippen molar-refractivity contribution in [1.82, 2.24) is 0 Å². The Morgan fingerprint density at radius 1 is 1.14 bits per heavy atom. The van der Waals surface area contributed by atoms with Gasteiger partial charge >= 0.3 is 0 Å². The Kier molecular flexibility index (Phi) is 5.65. The van der Waals surface area contributed by atoms with Crippen LogP contribution in [0.15, 0.2) is 46.9 Å². The SMILES string of the molecule is CCOc1ccccc1C(O)Cc1ccc(OC)c(Br)c1. The number of para-hydroxylation sites is 1. The molecule has 0 aromatic heterocycles. The van der Waals surface area contributed by atoms with Gasteiger partial charge in [0.15, 0.2) is 0 Å². The van der Waals surface area contributed by atoms with Crippen LogP contribution in [0, 0.1) is 0 Å². The molecule has 0 saturated carbocycles. The van der Waals surface area contributed by atoms with Gasteiger partial charge in [-0.15, -0.1) is 0 Å². The lowest BCUT2D eigenvalue weighted by atomic mass is 10.0. The largest absolute Gasteiger partial charge is 0.496 e. The summed E-state index contributed by atoms with van der Waals surface area (Å²) in [4.78, 5) is 0. The number of ether oxygens (including phenoxy) is 2.